The molecular formula is C19H18Cl2N2O3. The second-order valence-corrected chi connectivity index (χ2v) is 6.79. The van der Waals surface area contributed by atoms with E-state index in [1.54, 1.807) is 36.3 Å². The lowest BCUT2D eigenvalue weighted by atomic mass is 10.1. The maximum atomic E-state index is 12.8. The summed E-state index contributed by atoms with van der Waals surface area (Å²) in [6.07, 6.45) is 1.37. The molecule has 2 aromatic rings. The SMILES string of the molecule is COc1ccccc1NC(=O)[C@@H]1CCCN1C(=O)c1ccc(Cl)c(Cl)c1. The van der Waals surface area contributed by atoms with Gasteiger partial charge in [-0.25, -0.2) is 0 Å². The van der Waals surface area contributed by atoms with Crippen LogP contribution in [0.2, 0.25) is 10.0 Å². The smallest absolute Gasteiger partial charge is 0.254 e. The van der Waals surface area contributed by atoms with Gasteiger partial charge in [0.2, 0.25) is 5.91 Å². The van der Waals surface area contributed by atoms with E-state index in [9.17, 15) is 9.59 Å². The van der Waals surface area contributed by atoms with Gasteiger partial charge < -0.3 is 15.0 Å². The number of rotatable bonds is 4. The molecule has 0 radical (unpaired) electrons. The zero-order valence-electron chi connectivity index (χ0n) is 14.2. The Morgan fingerprint density at radius 2 is 1.92 bits per heavy atom. The van der Waals surface area contributed by atoms with E-state index >= 15 is 0 Å². The lowest BCUT2D eigenvalue weighted by molar-refractivity contribution is -0.119. The number of nitrogens with one attached hydrogen (secondary N) is 1. The van der Waals surface area contributed by atoms with Crippen molar-refractivity contribution >= 4 is 40.7 Å². The first-order valence-corrected chi connectivity index (χ1v) is 8.96. The lowest BCUT2D eigenvalue weighted by Crippen LogP contribution is -2.43. The molecule has 1 atom stereocenters. The lowest BCUT2D eigenvalue weighted by Gasteiger charge is -2.24. The molecule has 1 heterocycles. The van der Waals surface area contributed by atoms with Gasteiger partial charge in [-0.1, -0.05) is 35.3 Å². The van der Waals surface area contributed by atoms with Crippen LogP contribution in [-0.2, 0) is 4.79 Å². The number of likely N-dealkylation sites (tertiary alicyclic amines) is 1. The number of amides is 2. The molecule has 0 unspecified atom stereocenters. The summed E-state index contributed by atoms with van der Waals surface area (Å²) < 4.78 is 5.25. The predicted octanol–water partition coefficient (Wildman–Crippen LogP) is 4.25. The molecule has 136 valence electrons. The Labute approximate surface area is 161 Å². The predicted molar refractivity (Wildman–Crippen MR) is 102 cm³/mol. The number of ether oxygens (including phenoxy) is 1. The van der Waals surface area contributed by atoms with Gasteiger partial charge >= 0.3 is 0 Å². The average molecular weight is 393 g/mol. The summed E-state index contributed by atoms with van der Waals surface area (Å²) in [4.78, 5) is 27.1. The number of halogens is 2. The van der Waals surface area contributed by atoms with Gasteiger partial charge in [-0.2, -0.15) is 0 Å². The molecule has 1 fully saturated rings. The Kier molecular flexibility index (Phi) is 5.69. The number of carbonyl (C=O) groups excluding carboxylic acids is 2. The number of hydrogen-bond acceptors (Lipinski definition) is 3. The minimum Gasteiger partial charge on any atom is -0.495 e. The van der Waals surface area contributed by atoms with Crippen molar-refractivity contribution in [1.29, 1.82) is 0 Å². The Hall–Kier alpha value is -2.24. The maximum Gasteiger partial charge on any atom is 0.254 e. The number of anilines is 1. The highest BCUT2D eigenvalue weighted by Crippen LogP contribution is 2.28. The molecule has 26 heavy (non-hydrogen) atoms. The van der Waals surface area contributed by atoms with E-state index < -0.39 is 6.04 Å². The van der Waals surface area contributed by atoms with E-state index in [0.717, 1.165) is 6.42 Å². The average Bonchev–Trinajstić information content (AvgIpc) is 3.13. The molecule has 2 amide bonds. The number of nitrogens with zero attached hydrogens (tertiary/aromatic N) is 1. The van der Waals surface area contributed by atoms with Crippen LogP contribution in [-0.4, -0.2) is 36.4 Å². The Morgan fingerprint density at radius 1 is 1.15 bits per heavy atom. The van der Waals surface area contributed by atoms with Crippen LogP contribution in [0.4, 0.5) is 5.69 Å². The monoisotopic (exact) mass is 392 g/mol. The van der Waals surface area contributed by atoms with Gasteiger partial charge in [-0.05, 0) is 43.2 Å². The Morgan fingerprint density at radius 3 is 2.65 bits per heavy atom. The Bertz CT molecular complexity index is 841. The number of para-hydroxylation sites is 2. The van der Waals surface area contributed by atoms with E-state index in [1.807, 2.05) is 12.1 Å². The zero-order chi connectivity index (χ0) is 18.7. The largest absolute Gasteiger partial charge is 0.495 e. The van der Waals surface area contributed by atoms with Gasteiger partial charge in [0.25, 0.3) is 5.91 Å². The van der Waals surface area contributed by atoms with Crippen LogP contribution in [0.15, 0.2) is 42.5 Å². The topological polar surface area (TPSA) is 58.6 Å². The van der Waals surface area contributed by atoms with E-state index in [-0.39, 0.29) is 11.8 Å². The van der Waals surface area contributed by atoms with Crippen molar-refractivity contribution in [3.8, 4) is 5.75 Å². The van der Waals surface area contributed by atoms with Crippen molar-refractivity contribution in [3.63, 3.8) is 0 Å². The third-order valence-corrected chi connectivity index (χ3v) is 5.09. The summed E-state index contributed by atoms with van der Waals surface area (Å²) in [7, 11) is 1.54. The summed E-state index contributed by atoms with van der Waals surface area (Å²) in [5.41, 5.74) is 0.991. The van der Waals surface area contributed by atoms with Crippen LogP contribution in [0, 0.1) is 0 Å². The number of hydrogen-bond donors (Lipinski definition) is 1. The zero-order valence-corrected chi connectivity index (χ0v) is 15.7. The van der Waals surface area contributed by atoms with Gasteiger partial charge in [0, 0.05) is 12.1 Å². The number of benzene rings is 2. The van der Waals surface area contributed by atoms with Crippen LogP contribution in [0.5, 0.6) is 5.75 Å². The van der Waals surface area contributed by atoms with E-state index in [4.69, 9.17) is 27.9 Å². The third kappa shape index (κ3) is 3.79. The normalized spacial score (nSPS) is 16.4. The fourth-order valence-electron chi connectivity index (χ4n) is 3.04. The number of carbonyl (C=O) groups is 2. The highest BCUT2D eigenvalue weighted by atomic mass is 35.5. The molecule has 0 spiro atoms. The molecule has 2 aromatic carbocycles. The van der Waals surface area contributed by atoms with Crippen molar-refractivity contribution in [2.75, 3.05) is 19.0 Å². The molecule has 1 N–H and O–H groups in total. The van der Waals surface area contributed by atoms with Gasteiger partial charge in [0.05, 0.1) is 22.8 Å². The van der Waals surface area contributed by atoms with Gasteiger partial charge in [0.15, 0.2) is 0 Å². The van der Waals surface area contributed by atoms with Gasteiger partial charge in [-0.3, -0.25) is 9.59 Å². The molecule has 1 saturated heterocycles. The quantitative estimate of drug-likeness (QED) is 0.845. The summed E-state index contributed by atoms with van der Waals surface area (Å²) in [5.74, 6) is 0.0999. The molecule has 7 heteroatoms. The molecule has 0 aliphatic carbocycles. The van der Waals surface area contributed by atoms with Gasteiger partial charge in [-0.15, -0.1) is 0 Å². The second-order valence-electron chi connectivity index (χ2n) is 5.97. The first-order chi connectivity index (χ1) is 12.5. The van der Waals surface area contributed by atoms with Crippen molar-refractivity contribution in [3.05, 3.63) is 58.1 Å². The van der Waals surface area contributed by atoms with Crippen molar-refractivity contribution < 1.29 is 14.3 Å². The van der Waals surface area contributed by atoms with E-state index in [2.05, 4.69) is 5.32 Å². The summed E-state index contributed by atoms with van der Waals surface area (Å²) in [5, 5.41) is 3.55. The fraction of sp³-hybridized carbons (Fsp3) is 0.263. The standard InChI is InChI=1S/C19H18Cl2N2O3/c1-26-17-7-3-2-5-15(17)22-18(24)16-6-4-10-23(16)19(25)12-8-9-13(20)14(21)11-12/h2-3,5,7-9,11,16H,4,6,10H2,1H3,(H,22,24)/t16-/m0/s1. The minimum atomic E-state index is -0.540. The minimum absolute atomic E-state index is 0.235. The molecule has 0 saturated carbocycles. The van der Waals surface area contributed by atoms with E-state index in [0.29, 0.717) is 40.0 Å². The molecule has 0 aromatic heterocycles. The highest BCUT2D eigenvalue weighted by molar-refractivity contribution is 6.42. The highest BCUT2D eigenvalue weighted by Gasteiger charge is 2.35. The molecule has 0 bridgehead atoms. The van der Waals surface area contributed by atoms with Crippen molar-refractivity contribution in [2.24, 2.45) is 0 Å². The van der Waals surface area contributed by atoms with E-state index in [1.165, 1.54) is 6.07 Å². The van der Waals surface area contributed by atoms with Crippen LogP contribution >= 0.6 is 23.2 Å². The first kappa shape index (κ1) is 18.5. The summed E-state index contributed by atoms with van der Waals surface area (Å²) >= 11 is 11.9. The van der Waals surface area contributed by atoms with Crippen LogP contribution in [0.25, 0.3) is 0 Å². The van der Waals surface area contributed by atoms with Crippen molar-refractivity contribution in [1.82, 2.24) is 4.90 Å². The first-order valence-electron chi connectivity index (χ1n) is 8.21. The number of methoxy groups -OCH3 is 1. The van der Waals surface area contributed by atoms with Crippen LogP contribution < -0.4 is 10.1 Å². The summed E-state index contributed by atoms with van der Waals surface area (Å²) in [6.45, 7) is 0.517. The maximum absolute atomic E-state index is 12.8. The molecule has 5 nitrogen and oxygen atoms in total. The molecule has 3 rings (SSSR count). The Balaban J connectivity index is 1.77. The van der Waals surface area contributed by atoms with Crippen molar-refractivity contribution in [2.45, 2.75) is 18.9 Å². The molecular weight excluding hydrogens is 375 g/mol. The molecule has 1 aliphatic rings. The van der Waals surface area contributed by atoms with Crippen LogP contribution in [0.1, 0.15) is 23.2 Å². The fourth-order valence-corrected chi connectivity index (χ4v) is 3.34. The van der Waals surface area contributed by atoms with Gasteiger partial charge in [0.1, 0.15) is 11.8 Å². The second kappa shape index (κ2) is 7.98. The third-order valence-electron chi connectivity index (χ3n) is 4.35. The van der Waals surface area contributed by atoms with Crippen LogP contribution in [0.3, 0.4) is 0 Å². The molecule has 1 aliphatic heterocycles. The summed E-state index contributed by atoms with van der Waals surface area (Å²) in [6, 6.07) is 11.3.